The maximum absolute atomic E-state index is 10.1. The first kappa shape index (κ1) is 15.4. The number of terminal acetylenes is 1. The number of nitrogens with zero attached hydrogens (tertiary/aromatic N) is 1. The van der Waals surface area contributed by atoms with E-state index in [1.54, 1.807) is 36.4 Å². The molecule has 0 heterocycles. The molecule has 0 saturated carbocycles. The van der Waals surface area contributed by atoms with Crippen LogP contribution >= 0.6 is 0 Å². The SMILES string of the molecule is C#CCOc1ccccc1OCC(O)c1ccc(C#N)cc1. The van der Waals surface area contributed by atoms with Gasteiger partial charge in [0, 0.05) is 0 Å². The van der Waals surface area contributed by atoms with Crippen molar-refractivity contribution in [3.05, 3.63) is 59.7 Å². The van der Waals surface area contributed by atoms with Crippen LogP contribution in [0.2, 0.25) is 0 Å². The van der Waals surface area contributed by atoms with E-state index in [4.69, 9.17) is 21.2 Å². The Morgan fingerprint density at radius 3 is 2.27 bits per heavy atom. The van der Waals surface area contributed by atoms with Crippen LogP contribution in [0.15, 0.2) is 48.5 Å². The molecule has 0 aliphatic carbocycles. The Morgan fingerprint density at radius 2 is 1.68 bits per heavy atom. The fraction of sp³-hybridized carbons (Fsp3) is 0.167. The molecule has 1 unspecified atom stereocenters. The van der Waals surface area contributed by atoms with Gasteiger partial charge in [-0.1, -0.05) is 30.2 Å². The highest BCUT2D eigenvalue weighted by atomic mass is 16.5. The molecule has 2 aromatic rings. The third kappa shape index (κ3) is 4.02. The van der Waals surface area contributed by atoms with Gasteiger partial charge in [-0.15, -0.1) is 6.42 Å². The predicted octanol–water partition coefficient (Wildman–Crippen LogP) is 2.68. The fourth-order valence-corrected chi connectivity index (χ4v) is 1.85. The highest BCUT2D eigenvalue weighted by Gasteiger charge is 2.10. The van der Waals surface area contributed by atoms with Crippen LogP contribution < -0.4 is 9.47 Å². The zero-order chi connectivity index (χ0) is 15.8. The molecule has 0 aliphatic heterocycles. The average molecular weight is 293 g/mol. The van der Waals surface area contributed by atoms with E-state index in [1.807, 2.05) is 18.2 Å². The van der Waals surface area contributed by atoms with E-state index in [2.05, 4.69) is 5.92 Å². The van der Waals surface area contributed by atoms with Crippen LogP contribution in [0.25, 0.3) is 0 Å². The monoisotopic (exact) mass is 293 g/mol. The van der Waals surface area contributed by atoms with Gasteiger partial charge in [0.05, 0.1) is 11.6 Å². The van der Waals surface area contributed by atoms with Crippen LogP contribution in [0.5, 0.6) is 11.5 Å². The molecule has 4 heteroatoms. The van der Waals surface area contributed by atoms with Gasteiger partial charge < -0.3 is 14.6 Å². The molecular weight excluding hydrogens is 278 g/mol. The van der Waals surface area contributed by atoms with E-state index in [1.165, 1.54) is 0 Å². The number of aliphatic hydroxyl groups excluding tert-OH is 1. The van der Waals surface area contributed by atoms with Crippen molar-refractivity contribution < 1.29 is 14.6 Å². The van der Waals surface area contributed by atoms with Crippen LogP contribution in [0, 0.1) is 23.7 Å². The van der Waals surface area contributed by atoms with Crippen molar-refractivity contribution in [3.8, 4) is 29.9 Å². The molecule has 0 saturated heterocycles. The fourth-order valence-electron chi connectivity index (χ4n) is 1.85. The molecular formula is C18H15NO3. The summed E-state index contributed by atoms with van der Waals surface area (Å²) >= 11 is 0. The predicted molar refractivity (Wildman–Crippen MR) is 82.4 cm³/mol. The van der Waals surface area contributed by atoms with Crippen molar-refractivity contribution in [2.24, 2.45) is 0 Å². The summed E-state index contributed by atoms with van der Waals surface area (Å²) in [6.45, 7) is 0.223. The van der Waals surface area contributed by atoms with Crippen molar-refractivity contribution in [1.29, 1.82) is 5.26 Å². The Bertz CT molecular complexity index is 696. The maximum Gasteiger partial charge on any atom is 0.162 e. The second-order valence-electron chi connectivity index (χ2n) is 4.50. The van der Waals surface area contributed by atoms with Gasteiger partial charge >= 0.3 is 0 Å². The topological polar surface area (TPSA) is 62.5 Å². The molecule has 2 rings (SSSR count). The maximum atomic E-state index is 10.1. The highest BCUT2D eigenvalue weighted by molar-refractivity contribution is 5.40. The zero-order valence-corrected chi connectivity index (χ0v) is 11.9. The Kier molecular flexibility index (Phi) is 5.43. The molecule has 0 radical (unpaired) electrons. The van der Waals surface area contributed by atoms with Crippen molar-refractivity contribution >= 4 is 0 Å². The van der Waals surface area contributed by atoms with Crippen molar-refractivity contribution in [2.45, 2.75) is 6.10 Å². The van der Waals surface area contributed by atoms with E-state index in [9.17, 15) is 5.11 Å². The molecule has 1 atom stereocenters. The summed E-state index contributed by atoms with van der Waals surface area (Å²) in [6, 6.07) is 15.9. The van der Waals surface area contributed by atoms with Gasteiger partial charge in [0.25, 0.3) is 0 Å². The van der Waals surface area contributed by atoms with Crippen LogP contribution in [0.1, 0.15) is 17.2 Å². The first-order valence-corrected chi connectivity index (χ1v) is 6.71. The summed E-state index contributed by atoms with van der Waals surface area (Å²) in [5.41, 5.74) is 1.23. The molecule has 110 valence electrons. The zero-order valence-electron chi connectivity index (χ0n) is 11.9. The Morgan fingerprint density at radius 1 is 1.05 bits per heavy atom. The number of nitriles is 1. The molecule has 0 fully saturated rings. The van der Waals surface area contributed by atoms with E-state index < -0.39 is 6.10 Å². The van der Waals surface area contributed by atoms with Gasteiger partial charge in [-0.3, -0.25) is 0 Å². The minimum Gasteiger partial charge on any atom is -0.487 e. The standard InChI is InChI=1S/C18H15NO3/c1-2-11-21-17-5-3-4-6-18(17)22-13-16(20)15-9-7-14(12-19)8-10-15/h1,3-10,16,20H,11,13H2. The number of hydrogen-bond donors (Lipinski definition) is 1. The van der Waals surface area contributed by atoms with Gasteiger partial charge in [-0.25, -0.2) is 0 Å². The molecule has 4 nitrogen and oxygen atoms in total. The van der Waals surface area contributed by atoms with E-state index in [0.29, 0.717) is 22.6 Å². The summed E-state index contributed by atoms with van der Waals surface area (Å²) in [6.07, 6.45) is 4.37. The average Bonchev–Trinajstić information content (AvgIpc) is 2.58. The Hall–Kier alpha value is -2.95. The summed E-state index contributed by atoms with van der Waals surface area (Å²) in [5.74, 6) is 3.45. The second kappa shape index (κ2) is 7.73. The number of aliphatic hydroxyl groups is 1. The normalized spacial score (nSPS) is 11.0. The number of ether oxygens (including phenoxy) is 2. The lowest BCUT2D eigenvalue weighted by atomic mass is 10.1. The lowest BCUT2D eigenvalue weighted by molar-refractivity contribution is 0.106. The lowest BCUT2D eigenvalue weighted by Crippen LogP contribution is -2.10. The molecule has 1 N–H and O–H groups in total. The van der Waals surface area contributed by atoms with Crippen molar-refractivity contribution in [2.75, 3.05) is 13.2 Å². The Labute approximate surface area is 129 Å². The third-order valence-electron chi connectivity index (χ3n) is 2.98. The lowest BCUT2D eigenvalue weighted by Gasteiger charge is -2.15. The summed E-state index contributed by atoms with van der Waals surface area (Å²) in [4.78, 5) is 0. The van der Waals surface area contributed by atoms with Crippen LogP contribution in [0.4, 0.5) is 0 Å². The van der Waals surface area contributed by atoms with Gasteiger partial charge in [-0.05, 0) is 29.8 Å². The van der Waals surface area contributed by atoms with Crippen LogP contribution in [-0.4, -0.2) is 18.3 Å². The summed E-state index contributed by atoms with van der Waals surface area (Å²) in [7, 11) is 0. The first-order chi connectivity index (χ1) is 10.7. The summed E-state index contributed by atoms with van der Waals surface area (Å²) < 4.78 is 11.0. The minimum atomic E-state index is -0.798. The van der Waals surface area contributed by atoms with Gasteiger partial charge in [-0.2, -0.15) is 5.26 Å². The molecule has 2 aromatic carbocycles. The molecule has 0 spiro atoms. The quantitative estimate of drug-likeness (QED) is 0.832. The van der Waals surface area contributed by atoms with Gasteiger partial charge in [0.2, 0.25) is 0 Å². The van der Waals surface area contributed by atoms with Crippen molar-refractivity contribution in [1.82, 2.24) is 0 Å². The smallest absolute Gasteiger partial charge is 0.162 e. The molecule has 0 bridgehead atoms. The van der Waals surface area contributed by atoms with Gasteiger partial charge in [0.15, 0.2) is 11.5 Å². The first-order valence-electron chi connectivity index (χ1n) is 6.71. The van der Waals surface area contributed by atoms with E-state index in [0.717, 1.165) is 0 Å². The van der Waals surface area contributed by atoms with Gasteiger partial charge in [0.1, 0.15) is 19.3 Å². The Balaban J connectivity index is 2.00. The second-order valence-corrected chi connectivity index (χ2v) is 4.50. The number of para-hydroxylation sites is 2. The minimum absolute atomic E-state index is 0.0718. The van der Waals surface area contributed by atoms with Crippen molar-refractivity contribution in [3.63, 3.8) is 0 Å². The number of benzene rings is 2. The third-order valence-corrected chi connectivity index (χ3v) is 2.98. The molecule has 22 heavy (non-hydrogen) atoms. The molecule has 0 amide bonds. The molecule has 0 aliphatic rings. The number of hydrogen-bond acceptors (Lipinski definition) is 4. The highest BCUT2D eigenvalue weighted by Crippen LogP contribution is 2.27. The van der Waals surface area contributed by atoms with Crippen LogP contribution in [0.3, 0.4) is 0 Å². The number of rotatable bonds is 6. The molecule has 0 aromatic heterocycles. The summed E-state index contributed by atoms with van der Waals surface area (Å²) in [5, 5.41) is 18.9. The van der Waals surface area contributed by atoms with E-state index >= 15 is 0 Å². The van der Waals surface area contributed by atoms with Crippen LogP contribution in [-0.2, 0) is 0 Å². The largest absolute Gasteiger partial charge is 0.487 e. The van der Waals surface area contributed by atoms with E-state index in [-0.39, 0.29) is 13.2 Å².